The van der Waals surface area contributed by atoms with Crippen LogP contribution in [0.4, 0.5) is 4.39 Å². The summed E-state index contributed by atoms with van der Waals surface area (Å²) >= 11 is 0. The third kappa shape index (κ3) is 3.12. The first-order chi connectivity index (χ1) is 11.4. The largest absolute Gasteiger partial charge is 0.419 e. The summed E-state index contributed by atoms with van der Waals surface area (Å²) in [5.74, 6) is -1.46. The molecule has 0 aliphatic heterocycles. The molecule has 0 aliphatic rings. The number of benzene rings is 2. The molecular formula is C15H11FN2O5S. The van der Waals surface area contributed by atoms with E-state index in [2.05, 4.69) is 14.1 Å². The Balaban J connectivity index is 1.95. The SMILES string of the molecule is O=c1[nH]c2ccc(S(=O)(=O)NCc3ccccc3F)cc2c(=O)o1. The number of aromatic amines is 1. The molecule has 0 spiro atoms. The van der Waals surface area contributed by atoms with Gasteiger partial charge in [0.25, 0.3) is 0 Å². The van der Waals surface area contributed by atoms with E-state index in [9.17, 15) is 22.4 Å². The van der Waals surface area contributed by atoms with Crippen molar-refractivity contribution in [2.75, 3.05) is 0 Å². The molecule has 2 aromatic carbocycles. The average Bonchev–Trinajstić information content (AvgIpc) is 2.53. The standard InChI is InChI=1S/C15H11FN2O5S/c16-12-4-2-1-3-9(12)8-17-24(21,22)10-5-6-13-11(7-10)14(19)23-15(20)18-13/h1-7,17H,8H2,(H,18,20). The molecule has 2 N–H and O–H groups in total. The first-order valence-corrected chi connectivity index (χ1v) is 8.25. The van der Waals surface area contributed by atoms with Gasteiger partial charge in [0.2, 0.25) is 10.0 Å². The van der Waals surface area contributed by atoms with E-state index in [-0.39, 0.29) is 27.9 Å². The van der Waals surface area contributed by atoms with Crippen LogP contribution in [0.5, 0.6) is 0 Å². The van der Waals surface area contributed by atoms with Gasteiger partial charge in [0.15, 0.2) is 0 Å². The highest BCUT2D eigenvalue weighted by atomic mass is 32.2. The lowest BCUT2D eigenvalue weighted by molar-refractivity contribution is 0.460. The van der Waals surface area contributed by atoms with Gasteiger partial charge >= 0.3 is 11.4 Å². The molecule has 1 heterocycles. The fourth-order valence-electron chi connectivity index (χ4n) is 2.14. The van der Waals surface area contributed by atoms with Crippen molar-refractivity contribution >= 4 is 20.9 Å². The first-order valence-electron chi connectivity index (χ1n) is 6.77. The lowest BCUT2D eigenvalue weighted by Crippen LogP contribution is -2.24. The monoisotopic (exact) mass is 350 g/mol. The van der Waals surface area contributed by atoms with Gasteiger partial charge in [-0.15, -0.1) is 0 Å². The summed E-state index contributed by atoms with van der Waals surface area (Å²) in [6.07, 6.45) is 0. The van der Waals surface area contributed by atoms with Gasteiger partial charge in [-0.25, -0.2) is 27.1 Å². The quantitative estimate of drug-likeness (QED) is 0.732. The lowest BCUT2D eigenvalue weighted by atomic mass is 10.2. The van der Waals surface area contributed by atoms with Crippen molar-refractivity contribution in [1.29, 1.82) is 0 Å². The summed E-state index contributed by atoms with van der Waals surface area (Å²) < 4.78 is 44.8. The molecule has 3 aromatic rings. The summed E-state index contributed by atoms with van der Waals surface area (Å²) in [6, 6.07) is 9.35. The zero-order valence-electron chi connectivity index (χ0n) is 12.1. The topological polar surface area (TPSA) is 109 Å². The van der Waals surface area contributed by atoms with E-state index >= 15 is 0 Å². The summed E-state index contributed by atoms with van der Waals surface area (Å²) in [5.41, 5.74) is -0.602. The van der Waals surface area contributed by atoms with Crippen LogP contribution in [-0.4, -0.2) is 13.4 Å². The van der Waals surface area contributed by atoms with Gasteiger partial charge < -0.3 is 4.42 Å². The minimum Gasteiger partial charge on any atom is -0.372 e. The van der Waals surface area contributed by atoms with Gasteiger partial charge in [0, 0.05) is 12.1 Å². The highest BCUT2D eigenvalue weighted by Gasteiger charge is 2.16. The molecule has 0 saturated heterocycles. The van der Waals surface area contributed by atoms with Crippen LogP contribution in [0.1, 0.15) is 5.56 Å². The highest BCUT2D eigenvalue weighted by Crippen LogP contribution is 2.15. The van der Waals surface area contributed by atoms with E-state index in [0.717, 1.165) is 6.07 Å². The maximum absolute atomic E-state index is 13.5. The van der Waals surface area contributed by atoms with Gasteiger partial charge in [0.05, 0.1) is 15.8 Å². The first kappa shape index (κ1) is 16.1. The van der Waals surface area contributed by atoms with Crippen LogP contribution < -0.4 is 16.1 Å². The van der Waals surface area contributed by atoms with Gasteiger partial charge in [-0.1, -0.05) is 18.2 Å². The molecular weight excluding hydrogens is 339 g/mol. The van der Waals surface area contributed by atoms with Crippen molar-refractivity contribution in [2.24, 2.45) is 0 Å². The third-order valence-corrected chi connectivity index (χ3v) is 4.75. The number of nitrogens with one attached hydrogen (secondary N) is 2. The molecule has 7 nitrogen and oxygen atoms in total. The average molecular weight is 350 g/mol. The fourth-order valence-corrected chi connectivity index (χ4v) is 3.17. The summed E-state index contributed by atoms with van der Waals surface area (Å²) in [7, 11) is -3.98. The van der Waals surface area contributed by atoms with Crippen LogP contribution in [0, 0.1) is 5.82 Å². The zero-order valence-corrected chi connectivity index (χ0v) is 12.9. The maximum atomic E-state index is 13.5. The van der Waals surface area contributed by atoms with E-state index < -0.39 is 27.2 Å². The molecule has 0 atom stereocenters. The van der Waals surface area contributed by atoms with Crippen LogP contribution in [0.2, 0.25) is 0 Å². The number of H-pyrrole nitrogens is 1. The number of fused-ring (bicyclic) bond motifs is 1. The molecule has 24 heavy (non-hydrogen) atoms. The van der Waals surface area contributed by atoms with Gasteiger partial charge in [-0.05, 0) is 24.3 Å². The molecule has 1 aromatic heterocycles. The van der Waals surface area contributed by atoms with E-state index in [1.165, 1.54) is 30.3 Å². The van der Waals surface area contributed by atoms with E-state index in [1.807, 2.05) is 0 Å². The van der Waals surface area contributed by atoms with Crippen LogP contribution in [0.3, 0.4) is 0 Å². The van der Waals surface area contributed by atoms with Crippen molar-refractivity contribution in [3.8, 4) is 0 Å². The molecule has 0 bridgehead atoms. The van der Waals surface area contributed by atoms with Crippen molar-refractivity contribution in [2.45, 2.75) is 11.4 Å². The summed E-state index contributed by atoms with van der Waals surface area (Å²) in [6.45, 7) is -0.243. The van der Waals surface area contributed by atoms with Crippen molar-refractivity contribution in [1.82, 2.24) is 9.71 Å². The summed E-state index contributed by atoms with van der Waals surface area (Å²) in [4.78, 5) is 24.8. The predicted molar refractivity (Wildman–Crippen MR) is 83.5 cm³/mol. The second kappa shape index (κ2) is 6.02. The molecule has 0 unspecified atom stereocenters. The third-order valence-electron chi connectivity index (χ3n) is 3.35. The second-order valence-corrected chi connectivity index (χ2v) is 6.69. The molecule has 0 radical (unpaired) electrons. The number of rotatable bonds is 4. The Morgan fingerprint density at radius 1 is 1.12 bits per heavy atom. The van der Waals surface area contributed by atoms with Crippen molar-refractivity contribution in [3.63, 3.8) is 0 Å². The maximum Gasteiger partial charge on any atom is 0.419 e. The Morgan fingerprint density at radius 3 is 2.62 bits per heavy atom. The number of sulfonamides is 1. The molecule has 0 amide bonds. The predicted octanol–water partition coefficient (Wildman–Crippen LogP) is 1.10. The number of hydrogen-bond acceptors (Lipinski definition) is 5. The molecule has 0 aliphatic carbocycles. The Kier molecular flexibility index (Phi) is 4.04. The second-order valence-electron chi connectivity index (χ2n) is 4.93. The van der Waals surface area contributed by atoms with Gasteiger partial charge in [0.1, 0.15) is 5.82 Å². The van der Waals surface area contributed by atoms with E-state index in [1.54, 1.807) is 6.07 Å². The van der Waals surface area contributed by atoms with Crippen LogP contribution >= 0.6 is 0 Å². The molecule has 0 saturated carbocycles. The smallest absolute Gasteiger partial charge is 0.372 e. The van der Waals surface area contributed by atoms with Crippen molar-refractivity contribution < 1.29 is 17.2 Å². The molecule has 9 heteroatoms. The highest BCUT2D eigenvalue weighted by molar-refractivity contribution is 7.89. The minimum absolute atomic E-state index is 0.0802. The molecule has 3 rings (SSSR count). The molecule has 124 valence electrons. The number of hydrogen-bond donors (Lipinski definition) is 2. The number of aromatic nitrogens is 1. The van der Waals surface area contributed by atoms with Crippen LogP contribution in [-0.2, 0) is 16.6 Å². The van der Waals surface area contributed by atoms with Crippen molar-refractivity contribution in [3.05, 3.63) is 74.8 Å². The van der Waals surface area contributed by atoms with E-state index in [0.29, 0.717) is 0 Å². The Hall–Kier alpha value is -2.78. The fraction of sp³-hybridized carbons (Fsp3) is 0.0667. The summed E-state index contributed by atoms with van der Waals surface area (Å²) in [5, 5.41) is -0.0802. The van der Waals surface area contributed by atoms with E-state index in [4.69, 9.17) is 0 Å². The zero-order chi connectivity index (χ0) is 17.3. The minimum atomic E-state index is -3.98. The van der Waals surface area contributed by atoms with Crippen LogP contribution in [0.25, 0.3) is 10.9 Å². The lowest BCUT2D eigenvalue weighted by Gasteiger charge is -2.08. The Morgan fingerprint density at radius 2 is 1.88 bits per heavy atom. The van der Waals surface area contributed by atoms with Crippen LogP contribution in [0.15, 0.2) is 61.4 Å². The van der Waals surface area contributed by atoms with Gasteiger partial charge in [-0.3, -0.25) is 4.98 Å². The van der Waals surface area contributed by atoms with Gasteiger partial charge in [-0.2, -0.15) is 0 Å². The Labute approximate surface area is 134 Å². The normalized spacial score (nSPS) is 11.7. The molecule has 0 fully saturated rings. The Bertz CT molecular complexity index is 1130. The number of halogens is 1.